The Bertz CT molecular complexity index is 8020. The molecule has 0 fully saturated rings. The van der Waals surface area contributed by atoms with Gasteiger partial charge < -0.3 is 27.4 Å². The number of nitrogens with zero attached hydrogens (tertiary/aromatic N) is 6. The molecule has 0 saturated heterocycles. The Hall–Kier alpha value is -16.0. The molecule has 25 rings (SSSR count). The summed E-state index contributed by atoms with van der Waals surface area (Å²) >= 11 is 0. The molecule has 6 heterocycles. The predicted octanol–water partition coefficient (Wildman–Crippen LogP) is 30.3. The van der Waals surface area contributed by atoms with Gasteiger partial charge in [0.1, 0.15) is 0 Å². The minimum absolute atomic E-state index is 1.16. The number of para-hydroxylation sites is 8. The van der Waals surface area contributed by atoms with Crippen LogP contribution in [0.15, 0.2) is 461 Å². The standard InChI is InChI=1S/2C42H28N2.C30H20N2/c1-3-12-29(13-4-1)31-22-24-33(25-23-31)43-37-20-9-7-18-35(37)41-39(43)26-27-40-42(41)36-19-8-10-21-38(36)44(40)34-17-11-16-32(28-34)30-14-5-2-6-15-30;1-3-11-29(12-4-1)31-19-23-33(24-20-31)43-37-17-9-7-15-35(37)41-39(43)27-28-40-42(41)36-16-8-10-18-38(36)44(40)34-25-21-32(22-26-34)30-13-5-2-6-14-30;1-3-11-21(12-4-1)31-27-18-10-8-16-25(27)29-28(31)20-19-24-23-15-7-9-17-26(23)32(30(24)29)22-13-5-2-6-14-22/h2*1-28H;1-20H. The van der Waals surface area contributed by atoms with E-state index in [0.717, 1.165) is 22.7 Å². The molecule has 0 N–H and O–H groups in total. The van der Waals surface area contributed by atoms with E-state index in [-0.39, 0.29) is 0 Å². The Morgan fingerprint density at radius 3 is 0.667 bits per heavy atom. The molecular weight excluding hydrogens is 1450 g/mol. The average molecular weight is 1530 g/mol. The Balaban J connectivity index is 0.000000107. The molecule has 0 radical (unpaired) electrons. The van der Waals surface area contributed by atoms with E-state index in [9.17, 15) is 0 Å². The topological polar surface area (TPSA) is 29.6 Å². The second-order valence-corrected chi connectivity index (χ2v) is 31.0. The van der Waals surface area contributed by atoms with E-state index in [4.69, 9.17) is 0 Å². The lowest BCUT2D eigenvalue weighted by molar-refractivity contribution is 1.17. The molecule has 0 aliphatic rings. The third-order valence-electron chi connectivity index (χ3n) is 24.4. The molecule has 25 aromatic rings. The van der Waals surface area contributed by atoms with E-state index in [1.54, 1.807) is 0 Å². The molecule has 0 aliphatic heterocycles. The Kier molecular flexibility index (Phi) is 16.8. The summed E-state index contributed by atoms with van der Waals surface area (Å²) in [7, 11) is 0. The summed E-state index contributed by atoms with van der Waals surface area (Å²) in [5.74, 6) is 0. The molecular formula is C114H76N6. The molecule has 6 heteroatoms. The third-order valence-corrected chi connectivity index (χ3v) is 24.4. The maximum absolute atomic E-state index is 2.43. The van der Waals surface area contributed by atoms with Gasteiger partial charge in [0.05, 0.1) is 66.2 Å². The van der Waals surface area contributed by atoms with Crippen LogP contribution in [0, 0.1) is 0 Å². The number of hydrogen-bond acceptors (Lipinski definition) is 0. The molecule has 6 nitrogen and oxygen atoms in total. The minimum atomic E-state index is 1.16. The van der Waals surface area contributed by atoms with Gasteiger partial charge in [-0.05, 0) is 184 Å². The summed E-state index contributed by atoms with van der Waals surface area (Å²) in [5.41, 5.74) is 31.5. The van der Waals surface area contributed by atoms with E-state index in [1.807, 2.05) is 0 Å². The van der Waals surface area contributed by atoms with Crippen molar-refractivity contribution in [2.45, 2.75) is 0 Å². The maximum Gasteiger partial charge on any atom is 0.0641 e. The molecule has 0 saturated carbocycles. The summed E-state index contributed by atoms with van der Waals surface area (Å²) in [6.45, 7) is 0. The number of benzene rings is 19. The van der Waals surface area contributed by atoms with Crippen LogP contribution in [0.2, 0.25) is 0 Å². The van der Waals surface area contributed by atoms with E-state index in [2.05, 4.69) is 488 Å². The van der Waals surface area contributed by atoms with Crippen molar-refractivity contribution >= 4 is 131 Å². The van der Waals surface area contributed by atoms with Gasteiger partial charge in [-0.3, -0.25) is 0 Å². The van der Waals surface area contributed by atoms with Gasteiger partial charge in [0.2, 0.25) is 0 Å². The highest BCUT2D eigenvalue weighted by Gasteiger charge is 2.25. The zero-order chi connectivity index (χ0) is 79.1. The molecule has 6 aromatic heterocycles. The van der Waals surface area contributed by atoms with Gasteiger partial charge in [0.15, 0.2) is 0 Å². The quantitative estimate of drug-likeness (QED) is 0.131. The van der Waals surface area contributed by atoms with Gasteiger partial charge in [-0.2, -0.15) is 0 Å². The van der Waals surface area contributed by atoms with Crippen LogP contribution in [0.1, 0.15) is 0 Å². The highest BCUT2D eigenvalue weighted by Crippen LogP contribution is 2.47. The zero-order valence-corrected chi connectivity index (χ0v) is 65.6. The summed E-state index contributed by atoms with van der Waals surface area (Å²) in [5, 5.41) is 15.4. The highest BCUT2D eigenvalue weighted by molar-refractivity contribution is 6.31. The largest absolute Gasteiger partial charge is 0.309 e. The lowest BCUT2D eigenvalue weighted by atomic mass is 10.0. The normalized spacial score (nSPS) is 11.7. The van der Waals surface area contributed by atoms with Crippen molar-refractivity contribution < 1.29 is 0 Å². The SMILES string of the molecule is c1ccc(-c2ccc(-n3c4ccccc4c4c5c6ccccc6n(-c6ccc(-c7ccccc7)cc6)c5ccc43)cc2)cc1.c1ccc(-c2ccc(-n3c4ccccc4c4c5c6ccccc6n(-c6cccc(-c7ccccc7)c6)c5ccc43)cc2)cc1.c1ccc(-n2c3ccccc3c3c2ccc2c4ccccc4n(-c4ccccc4)c23)cc1. The summed E-state index contributed by atoms with van der Waals surface area (Å²) < 4.78 is 14.5. The van der Waals surface area contributed by atoms with Crippen LogP contribution in [-0.4, -0.2) is 27.4 Å². The molecule has 0 aliphatic carbocycles. The van der Waals surface area contributed by atoms with E-state index in [0.29, 0.717) is 0 Å². The fraction of sp³-hybridized carbons (Fsp3) is 0. The van der Waals surface area contributed by atoms with E-state index >= 15 is 0 Å². The maximum atomic E-state index is 2.43. The second kappa shape index (κ2) is 29.1. The fourth-order valence-corrected chi connectivity index (χ4v) is 19.1. The van der Waals surface area contributed by atoms with E-state index in [1.165, 1.54) is 187 Å². The van der Waals surface area contributed by atoms with Crippen LogP contribution >= 0.6 is 0 Å². The average Bonchev–Trinajstić information content (AvgIpc) is 1.56. The molecule has 0 amide bonds. The molecule has 0 spiro atoms. The van der Waals surface area contributed by atoms with Crippen LogP contribution in [0.3, 0.4) is 0 Å². The molecule has 0 atom stereocenters. The molecule has 19 aromatic carbocycles. The summed E-state index contributed by atoms with van der Waals surface area (Å²) in [4.78, 5) is 0. The summed E-state index contributed by atoms with van der Waals surface area (Å²) in [6.07, 6.45) is 0. The van der Waals surface area contributed by atoms with Crippen LogP contribution in [0.25, 0.3) is 209 Å². The smallest absolute Gasteiger partial charge is 0.0641 e. The summed E-state index contributed by atoms with van der Waals surface area (Å²) in [6, 6.07) is 166. The Morgan fingerprint density at radius 2 is 0.325 bits per heavy atom. The first-order valence-electron chi connectivity index (χ1n) is 41.2. The molecule has 120 heavy (non-hydrogen) atoms. The van der Waals surface area contributed by atoms with Gasteiger partial charge >= 0.3 is 0 Å². The van der Waals surface area contributed by atoms with Gasteiger partial charge in [-0.15, -0.1) is 0 Å². The monoisotopic (exact) mass is 1530 g/mol. The first kappa shape index (κ1) is 69.5. The van der Waals surface area contributed by atoms with Crippen molar-refractivity contribution in [2.24, 2.45) is 0 Å². The first-order valence-corrected chi connectivity index (χ1v) is 41.2. The molecule has 0 bridgehead atoms. The van der Waals surface area contributed by atoms with Crippen molar-refractivity contribution in [2.75, 3.05) is 0 Å². The zero-order valence-electron chi connectivity index (χ0n) is 65.6. The lowest BCUT2D eigenvalue weighted by Gasteiger charge is -2.11. The van der Waals surface area contributed by atoms with Crippen molar-refractivity contribution in [3.63, 3.8) is 0 Å². The van der Waals surface area contributed by atoms with Crippen LogP contribution in [0.4, 0.5) is 0 Å². The highest BCUT2D eigenvalue weighted by atomic mass is 15.0. The van der Waals surface area contributed by atoms with Gasteiger partial charge in [0, 0.05) is 98.8 Å². The van der Waals surface area contributed by atoms with Gasteiger partial charge in [0.25, 0.3) is 0 Å². The van der Waals surface area contributed by atoms with Crippen LogP contribution in [0.5, 0.6) is 0 Å². The minimum Gasteiger partial charge on any atom is -0.309 e. The van der Waals surface area contributed by atoms with Gasteiger partial charge in [-0.1, -0.05) is 322 Å². The number of hydrogen-bond donors (Lipinski definition) is 0. The van der Waals surface area contributed by atoms with Crippen molar-refractivity contribution in [3.8, 4) is 78.6 Å². The predicted molar refractivity (Wildman–Crippen MR) is 507 cm³/mol. The molecule has 0 unspecified atom stereocenters. The van der Waals surface area contributed by atoms with Crippen molar-refractivity contribution in [3.05, 3.63) is 461 Å². The van der Waals surface area contributed by atoms with E-state index < -0.39 is 0 Å². The second-order valence-electron chi connectivity index (χ2n) is 31.0. The van der Waals surface area contributed by atoms with Crippen LogP contribution in [-0.2, 0) is 0 Å². The number of aromatic nitrogens is 6. The van der Waals surface area contributed by atoms with Crippen molar-refractivity contribution in [1.82, 2.24) is 27.4 Å². The third kappa shape index (κ3) is 11.5. The Labute approximate surface area is 693 Å². The van der Waals surface area contributed by atoms with Crippen molar-refractivity contribution in [1.29, 1.82) is 0 Å². The number of fused-ring (bicyclic) bond motifs is 21. The van der Waals surface area contributed by atoms with Gasteiger partial charge in [-0.25, -0.2) is 0 Å². The fourth-order valence-electron chi connectivity index (χ4n) is 19.1. The lowest BCUT2D eigenvalue weighted by Crippen LogP contribution is -1.95. The number of rotatable bonds is 10. The van der Waals surface area contributed by atoms with Crippen LogP contribution < -0.4 is 0 Å². The first-order chi connectivity index (χ1) is 59.6. The Morgan fingerprint density at radius 1 is 0.108 bits per heavy atom. The molecule has 562 valence electrons.